The minimum atomic E-state index is -0.905. The van der Waals surface area contributed by atoms with E-state index in [-0.39, 0.29) is 0 Å². The molecule has 0 amide bonds. The zero-order valence-electron chi connectivity index (χ0n) is 8.99. The van der Waals surface area contributed by atoms with Crippen molar-refractivity contribution in [1.29, 1.82) is 0 Å². The number of hydrogen-bond donors (Lipinski definition) is 0. The average molecular weight is 205 g/mol. The molecule has 1 unspecified atom stereocenters. The molecule has 1 atom stereocenters. The molecule has 0 saturated carbocycles. The quantitative estimate of drug-likeness (QED) is 0.471. The van der Waals surface area contributed by atoms with Gasteiger partial charge in [0.05, 0.1) is 13.2 Å². The molecule has 3 nitrogen and oxygen atoms in total. The Morgan fingerprint density at radius 3 is 2.46 bits per heavy atom. The van der Waals surface area contributed by atoms with Gasteiger partial charge in [-0.3, -0.25) is 0 Å². The molecule has 0 radical (unpaired) electrons. The van der Waals surface area contributed by atoms with Crippen LogP contribution in [-0.2, 0) is 9.05 Å². The molecule has 0 heterocycles. The lowest BCUT2D eigenvalue weighted by atomic mass is 10.4. The van der Waals surface area contributed by atoms with Crippen LogP contribution < -0.4 is 0 Å². The fourth-order valence-electron chi connectivity index (χ4n) is 0.635. The molecule has 0 N–H and O–H groups in total. The van der Waals surface area contributed by atoms with Crippen molar-refractivity contribution in [2.45, 2.75) is 26.8 Å². The Kier molecular flexibility index (Phi) is 7.48. The molecular weight excluding hydrogens is 185 g/mol. The minimum absolute atomic E-state index is 0.433. The highest BCUT2D eigenvalue weighted by Crippen LogP contribution is 2.42. The van der Waals surface area contributed by atoms with Gasteiger partial charge < -0.3 is 9.05 Å². The molecule has 0 bridgehead atoms. The number of hydrogen-bond acceptors (Lipinski definition) is 3. The monoisotopic (exact) mass is 205 g/mol. The van der Waals surface area contributed by atoms with Gasteiger partial charge in [-0.1, -0.05) is 6.08 Å². The van der Waals surface area contributed by atoms with Gasteiger partial charge in [-0.05, 0) is 27.8 Å². The van der Waals surface area contributed by atoms with Gasteiger partial charge in [0.2, 0.25) is 0 Å². The van der Waals surface area contributed by atoms with E-state index < -0.39 is 8.53 Å². The smallest absolute Gasteiger partial charge is 0.258 e. The predicted octanol–water partition coefficient (Wildman–Crippen LogP) is 2.79. The van der Waals surface area contributed by atoms with Gasteiger partial charge in [0.25, 0.3) is 8.53 Å². The summed E-state index contributed by atoms with van der Waals surface area (Å²) >= 11 is 0. The van der Waals surface area contributed by atoms with Crippen molar-refractivity contribution in [3.8, 4) is 0 Å². The van der Waals surface area contributed by atoms with E-state index in [1.54, 1.807) is 6.08 Å². The average Bonchev–Trinajstić information content (AvgIpc) is 2.11. The van der Waals surface area contributed by atoms with Crippen molar-refractivity contribution in [2.75, 3.05) is 20.3 Å². The summed E-state index contributed by atoms with van der Waals surface area (Å²) < 4.78 is 13.1. The van der Waals surface area contributed by atoms with Gasteiger partial charge in [-0.25, -0.2) is 4.67 Å². The molecule has 0 aromatic rings. The molecule has 4 heteroatoms. The number of rotatable bonds is 7. The Morgan fingerprint density at radius 2 is 2.08 bits per heavy atom. The summed E-state index contributed by atoms with van der Waals surface area (Å²) in [6.45, 7) is 11.0. The lowest BCUT2D eigenvalue weighted by molar-refractivity contribution is 0.224. The molecule has 0 aromatic heterocycles. The zero-order chi connectivity index (χ0) is 10.3. The molecule has 78 valence electrons. The maximum Gasteiger partial charge on any atom is 0.258 e. The van der Waals surface area contributed by atoms with Crippen molar-refractivity contribution >= 4 is 8.53 Å². The molecular formula is C9H20NO2P. The third-order valence-corrected chi connectivity index (χ3v) is 3.37. The maximum absolute atomic E-state index is 5.51. The Hall–Kier alpha value is 0.0500. The first kappa shape index (κ1) is 13.1. The van der Waals surface area contributed by atoms with Crippen LogP contribution in [0, 0.1) is 0 Å². The van der Waals surface area contributed by atoms with Crippen LogP contribution in [0.5, 0.6) is 0 Å². The standard InChI is InChI=1S/C9H20NO2P/c1-6-8-12-13(11-7-2)10(5)9(3)4/h6,9H,1,7-8H2,2-5H3. The SMILES string of the molecule is C=CCOP(OCC)N(C)C(C)C. The molecule has 0 aromatic carbocycles. The minimum Gasteiger partial charge on any atom is -0.322 e. The van der Waals surface area contributed by atoms with E-state index in [9.17, 15) is 0 Å². The first-order valence-electron chi connectivity index (χ1n) is 4.53. The highest BCUT2D eigenvalue weighted by molar-refractivity contribution is 7.44. The summed E-state index contributed by atoms with van der Waals surface area (Å²) in [5, 5.41) is 0. The van der Waals surface area contributed by atoms with Crippen molar-refractivity contribution in [1.82, 2.24) is 4.67 Å². The fourth-order valence-corrected chi connectivity index (χ4v) is 1.90. The zero-order valence-corrected chi connectivity index (χ0v) is 9.88. The van der Waals surface area contributed by atoms with Crippen LogP contribution in [0.3, 0.4) is 0 Å². The summed E-state index contributed by atoms with van der Waals surface area (Å²) in [6.07, 6.45) is 1.74. The van der Waals surface area contributed by atoms with Crippen molar-refractivity contribution in [3.05, 3.63) is 12.7 Å². The van der Waals surface area contributed by atoms with Crippen LogP contribution in [0.1, 0.15) is 20.8 Å². The second-order valence-corrected chi connectivity index (χ2v) is 4.53. The van der Waals surface area contributed by atoms with E-state index in [0.29, 0.717) is 19.3 Å². The van der Waals surface area contributed by atoms with E-state index in [1.807, 2.05) is 14.0 Å². The summed E-state index contributed by atoms with van der Waals surface area (Å²) in [6, 6.07) is 0.433. The maximum atomic E-state index is 5.51. The third kappa shape index (κ3) is 5.37. The van der Waals surface area contributed by atoms with Gasteiger partial charge in [-0.15, -0.1) is 6.58 Å². The molecule has 0 spiro atoms. The highest BCUT2D eigenvalue weighted by atomic mass is 31.2. The van der Waals surface area contributed by atoms with Crippen molar-refractivity contribution in [2.24, 2.45) is 0 Å². The van der Waals surface area contributed by atoms with Crippen LogP contribution >= 0.6 is 8.53 Å². The van der Waals surface area contributed by atoms with E-state index >= 15 is 0 Å². The van der Waals surface area contributed by atoms with Gasteiger partial charge in [-0.2, -0.15) is 0 Å². The first-order valence-corrected chi connectivity index (χ1v) is 5.66. The second kappa shape index (κ2) is 7.45. The highest BCUT2D eigenvalue weighted by Gasteiger charge is 2.18. The van der Waals surface area contributed by atoms with Gasteiger partial charge >= 0.3 is 0 Å². The first-order chi connectivity index (χ1) is 6.13. The largest absolute Gasteiger partial charge is 0.322 e. The van der Waals surface area contributed by atoms with Gasteiger partial charge in [0.1, 0.15) is 0 Å². The van der Waals surface area contributed by atoms with Crippen LogP contribution in [-0.4, -0.2) is 31.0 Å². The molecule has 0 saturated heterocycles. The normalized spacial score (nSPS) is 13.7. The number of nitrogens with zero attached hydrogens (tertiary/aromatic N) is 1. The molecule has 13 heavy (non-hydrogen) atoms. The Morgan fingerprint density at radius 1 is 1.46 bits per heavy atom. The third-order valence-electron chi connectivity index (χ3n) is 1.55. The molecule has 0 aliphatic rings. The molecule has 0 fully saturated rings. The fraction of sp³-hybridized carbons (Fsp3) is 0.778. The van der Waals surface area contributed by atoms with E-state index in [4.69, 9.17) is 9.05 Å². The van der Waals surface area contributed by atoms with E-state index in [0.717, 1.165) is 0 Å². The van der Waals surface area contributed by atoms with E-state index in [2.05, 4.69) is 25.1 Å². The van der Waals surface area contributed by atoms with Crippen LogP contribution in [0.2, 0.25) is 0 Å². The van der Waals surface area contributed by atoms with Crippen molar-refractivity contribution in [3.63, 3.8) is 0 Å². The topological polar surface area (TPSA) is 21.7 Å². The summed E-state index contributed by atoms with van der Waals surface area (Å²) in [5.74, 6) is 0. The summed E-state index contributed by atoms with van der Waals surface area (Å²) in [7, 11) is 1.10. The van der Waals surface area contributed by atoms with Crippen LogP contribution in [0.25, 0.3) is 0 Å². The summed E-state index contributed by atoms with van der Waals surface area (Å²) in [5.41, 5.74) is 0. The summed E-state index contributed by atoms with van der Waals surface area (Å²) in [4.78, 5) is 0. The second-order valence-electron chi connectivity index (χ2n) is 2.91. The Bertz CT molecular complexity index is 142. The molecule has 0 rings (SSSR count). The van der Waals surface area contributed by atoms with Gasteiger partial charge in [0, 0.05) is 6.04 Å². The lowest BCUT2D eigenvalue weighted by Gasteiger charge is -2.28. The molecule has 0 aliphatic heterocycles. The van der Waals surface area contributed by atoms with Crippen LogP contribution in [0.4, 0.5) is 0 Å². The predicted molar refractivity (Wildman–Crippen MR) is 57.6 cm³/mol. The Labute approximate surface area is 82.7 Å². The van der Waals surface area contributed by atoms with Crippen molar-refractivity contribution < 1.29 is 9.05 Å². The molecule has 0 aliphatic carbocycles. The van der Waals surface area contributed by atoms with Crippen LogP contribution in [0.15, 0.2) is 12.7 Å². The lowest BCUT2D eigenvalue weighted by Crippen LogP contribution is -2.22. The van der Waals surface area contributed by atoms with E-state index in [1.165, 1.54) is 0 Å². The van der Waals surface area contributed by atoms with Gasteiger partial charge in [0.15, 0.2) is 0 Å². The Balaban J connectivity index is 3.97.